The van der Waals surface area contributed by atoms with Crippen molar-refractivity contribution < 1.29 is 9.53 Å². The molecule has 2 nitrogen and oxygen atoms in total. The van der Waals surface area contributed by atoms with E-state index in [1.807, 2.05) is 30.3 Å². The van der Waals surface area contributed by atoms with Crippen molar-refractivity contribution in [1.29, 1.82) is 0 Å². The molecule has 72 valence electrons. The number of carbonyl (C=O) groups is 1. The number of rotatable bonds is 3. The van der Waals surface area contributed by atoms with E-state index >= 15 is 0 Å². The highest BCUT2D eigenvalue weighted by molar-refractivity contribution is 5.90. The Labute approximate surface area is 82.9 Å². The monoisotopic (exact) mass is 188 g/mol. The van der Waals surface area contributed by atoms with Gasteiger partial charge in [-0.25, -0.2) is 0 Å². The topological polar surface area (TPSA) is 29.6 Å². The van der Waals surface area contributed by atoms with Crippen molar-refractivity contribution in [3.05, 3.63) is 35.9 Å². The van der Waals surface area contributed by atoms with Crippen molar-refractivity contribution in [3.63, 3.8) is 0 Å². The lowest BCUT2D eigenvalue weighted by Gasteiger charge is -1.93. The van der Waals surface area contributed by atoms with Crippen LogP contribution in [0.3, 0.4) is 0 Å². The number of hydrogen-bond acceptors (Lipinski definition) is 2. The maximum Gasteiger partial charge on any atom is 0.167 e. The molecule has 1 aromatic rings. The van der Waals surface area contributed by atoms with Gasteiger partial charge < -0.3 is 4.74 Å². The summed E-state index contributed by atoms with van der Waals surface area (Å²) in [6.07, 6.45) is 2.05. The molecule has 2 fully saturated rings. The van der Waals surface area contributed by atoms with E-state index in [-0.39, 0.29) is 12.2 Å². The number of ether oxygens (including phenoxy) is 1. The zero-order valence-electron chi connectivity index (χ0n) is 7.85. The van der Waals surface area contributed by atoms with Crippen molar-refractivity contribution in [3.8, 4) is 0 Å². The molecule has 0 spiro atoms. The van der Waals surface area contributed by atoms with E-state index in [9.17, 15) is 4.79 Å². The predicted octanol–water partition coefficient (Wildman–Crippen LogP) is 2.11. The van der Waals surface area contributed by atoms with E-state index in [0.29, 0.717) is 11.7 Å². The van der Waals surface area contributed by atoms with Crippen LogP contribution in [0.4, 0.5) is 0 Å². The average Bonchev–Trinajstić information content (AvgIpc) is 3.11. The van der Waals surface area contributed by atoms with E-state index in [1.54, 1.807) is 0 Å². The van der Waals surface area contributed by atoms with Crippen LogP contribution < -0.4 is 0 Å². The number of ketones is 1. The van der Waals surface area contributed by atoms with Crippen molar-refractivity contribution in [2.45, 2.75) is 25.0 Å². The smallest absolute Gasteiger partial charge is 0.167 e. The Kier molecular flexibility index (Phi) is 1.71. The summed E-state index contributed by atoms with van der Waals surface area (Å²) in [5.41, 5.74) is 1.13. The van der Waals surface area contributed by atoms with Gasteiger partial charge >= 0.3 is 0 Å². The molecule has 0 aromatic heterocycles. The van der Waals surface area contributed by atoms with Crippen LogP contribution in [-0.4, -0.2) is 11.9 Å². The minimum absolute atomic E-state index is 0.0456. The third-order valence-corrected chi connectivity index (χ3v) is 2.88. The molecule has 1 aliphatic heterocycles. The van der Waals surface area contributed by atoms with Crippen LogP contribution >= 0.6 is 0 Å². The van der Waals surface area contributed by atoms with Gasteiger partial charge in [0.15, 0.2) is 5.78 Å². The molecule has 0 amide bonds. The molecular formula is C12H12O2. The zero-order chi connectivity index (χ0) is 9.54. The zero-order valence-corrected chi connectivity index (χ0v) is 7.85. The molecule has 0 unspecified atom stereocenters. The number of epoxide rings is 1. The molecule has 1 aliphatic carbocycles. The van der Waals surface area contributed by atoms with Gasteiger partial charge in [-0.1, -0.05) is 30.3 Å². The molecule has 2 aliphatic rings. The second-order valence-electron chi connectivity index (χ2n) is 4.06. The first-order chi connectivity index (χ1) is 6.86. The largest absolute Gasteiger partial charge is 0.356 e. The van der Waals surface area contributed by atoms with Gasteiger partial charge in [-0.05, 0) is 18.4 Å². The second kappa shape index (κ2) is 2.92. The summed E-state index contributed by atoms with van der Waals surface area (Å²) in [7, 11) is 0. The third kappa shape index (κ3) is 1.36. The molecule has 2 atom stereocenters. The fourth-order valence-corrected chi connectivity index (χ4v) is 1.83. The van der Waals surface area contributed by atoms with Crippen molar-refractivity contribution in [2.24, 2.45) is 5.92 Å². The van der Waals surface area contributed by atoms with Gasteiger partial charge in [-0.3, -0.25) is 4.79 Å². The highest BCUT2D eigenvalue weighted by Crippen LogP contribution is 2.44. The van der Waals surface area contributed by atoms with Gasteiger partial charge in [0.05, 0.1) is 0 Å². The Morgan fingerprint density at radius 2 is 1.93 bits per heavy atom. The quantitative estimate of drug-likeness (QED) is 0.680. The summed E-state index contributed by atoms with van der Waals surface area (Å²) in [6, 6.07) is 9.98. The Balaban J connectivity index is 1.70. The van der Waals surface area contributed by atoms with E-state index in [1.165, 1.54) is 0 Å². The van der Waals surface area contributed by atoms with Crippen LogP contribution in [0.25, 0.3) is 0 Å². The third-order valence-electron chi connectivity index (χ3n) is 2.88. The Morgan fingerprint density at radius 1 is 1.21 bits per heavy atom. The second-order valence-corrected chi connectivity index (χ2v) is 4.06. The van der Waals surface area contributed by atoms with Gasteiger partial charge in [0.2, 0.25) is 0 Å². The molecule has 1 heterocycles. The summed E-state index contributed by atoms with van der Waals surface area (Å²) in [5, 5.41) is 0. The SMILES string of the molecule is O=C(C1CC1)[C@H]1O[C@@H]1c1ccccc1. The molecule has 2 heteroatoms. The molecule has 0 N–H and O–H groups in total. The van der Waals surface area contributed by atoms with E-state index < -0.39 is 0 Å². The Bertz CT molecular complexity index is 354. The summed E-state index contributed by atoms with van der Waals surface area (Å²) >= 11 is 0. The van der Waals surface area contributed by atoms with Crippen LogP contribution in [0.15, 0.2) is 30.3 Å². The summed E-state index contributed by atoms with van der Waals surface area (Å²) < 4.78 is 5.42. The molecule has 3 rings (SSSR count). The van der Waals surface area contributed by atoms with Gasteiger partial charge in [0.25, 0.3) is 0 Å². The van der Waals surface area contributed by atoms with E-state index in [0.717, 1.165) is 18.4 Å². The molecule has 1 saturated carbocycles. The first kappa shape index (κ1) is 8.18. The first-order valence-corrected chi connectivity index (χ1v) is 5.10. The Hall–Kier alpha value is -1.15. The molecular weight excluding hydrogens is 176 g/mol. The van der Waals surface area contributed by atoms with Crippen molar-refractivity contribution in [1.82, 2.24) is 0 Å². The number of benzene rings is 1. The molecule has 1 saturated heterocycles. The average molecular weight is 188 g/mol. The molecule has 1 aromatic carbocycles. The summed E-state index contributed by atoms with van der Waals surface area (Å²) in [5.74, 6) is 0.632. The summed E-state index contributed by atoms with van der Waals surface area (Å²) in [6.45, 7) is 0. The highest BCUT2D eigenvalue weighted by Gasteiger charge is 2.50. The lowest BCUT2D eigenvalue weighted by atomic mass is 10.1. The van der Waals surface area contributed by atoms with Crippen LogP contribution in [-0.2, 0) is 9.53 Å². The van der Waals surface area contributed by atoms with Gasteiger partial charge in [0, 0.05) is 5.92 Å². The van der Waals surface area contributed by atoms with Gasteiger partial charge in [0.1, 0.15) is 12.2 Å². The van der Waals surface area contributed by atoms with Crippen molar-refractivity contribution in [2.75, 3.05) is 0 Å². The Morgan fingerprint density at radius 3 is 2.57 bits per heavy atom. The fraction of sp³-hybridized carbons (Fsp3) is 0.417. The summed E-state index contributed by atoms with van der Waals surface area (Å²) in [4.78, 5) is 11.6. The van der Waals surface area contributed by atoms with E-state index in [2.05, 4.69) is 0 Å². The van der Waals surface area contributed by atoms with Crippen molar-refractivity contribution >= 4 is 5.78 Å². The van der Waals surface area contributed by atoms with Crippen LogP contribution in [0.1, 0.15) is 24.5 Å². The normalized spacial score (nSPS) is 30.0. The lowest BCUT2D eigenvalue weighted by molar-refractivity contribution is -0.121. The van der Waals surface area contributed by atoms with Crippen LogP contribution in [0.5, 0.6) is 0 Å². The number of carbonyl (C=O) groups excluding carboxylic acids is 1. The molecule has 0 radical (unpaired) electrons. The van der Waals surface area contributed by atoms with Crippen LogP contribution in [0, 0.1) is 5.92 Å². The first-order valence-electron chi connectivity index (χ1n) is 5.10. The minimum atomic E-state index is -0.134. The minimum Gasteiger partial charge on any atom is -0.356 e. The maximum atomic E-state index is 11.6. The predicted molar refractivity (Wildman–Crippen MR) is 51.8 cm³/mol. The van der Waals surface area contributed by atoms with Gasteiger partial charge in [-0.2, -0.15) is 0 Å². The fourth-order valence-electron chi connectivity index (χ4n) is 1.83. The lowest BCUT2D eigenvalue weighted by Crippen LogP contribution is -2.09. The molecule has 14 heavy (non-hydrogen) atoms. The van der Waals surface area contributed by atoms with Crippen LogP contribution in [0.2, 0.25) is 0 Å². The molecule has 0 bridgehead atoms. The number of Topliss-reactive ketones (excluding diaryl/α,β-unsaturated/α-hetero) is 1. The standard InChI is InChI=1S/C12H12O2/c13-10(8-6-7-8)12-11(14-12)9-4-2-1-3-5-9/h1-5,8,11-12H,6-7H2/t11-,12-/m1/s1. The maximum absolute atomic E-state index is 11.6. The highest BCUT2D eigenvalue weighted by atomic mass is 16.6. The van der Waals surface area contributed by atoms with Gasteiger partial charge in [-0.15, -0.1) is 0 Å². The number of hydrogen-bond donors (Lipinski definition) is 0. The van der Waals surface area contributed by atoms with E-state index in [4.69, 9.17) is 4.74 Å².